The van der Waals surface area contributed by atoms with Crippen LogP contribution in [0, 0.1) is 0 Å². The van der Waals surface area contributed by atoms with Gasteiger partial charge < -0.3 is 9.64 Å². The molecule has 2 fully saturated rings. The van der Waals surface area contributed by atoms with Crippen LogP contribution in [0.4, 0.5) is 0 Å². The van der Waals surface area contributed by atoms with Crippen molar-refractivity contribution in [3.05, 3.63) is 0 Å². The van der Waals surface area contributed by atoms with E-state index in [2.05, 4.69) is 6.92 Å². The fourth-order valence-corrected chi connectivity index (χ4v) is 2.37. The molecular formula is C11H17NO3. The van der Waals surface area contributed by atoms with Crippen LogP contribution < -0.4 is 0 Å². The predicted molar refractivity (Wildman–Crippen MR) is 54.4 cm³/mol. The lowest BCUT2D eigenvalue weighted by Gasteiger charge is -2.45. The Morgan fingerprint density at radius 1 is 1.27 bits per heavy atom. The van der Waals surface area contributed by atoms with Crippen LogP contribution in [0.2, 0.25) is 0 Å². The number of piperidine rings is 1. The summed E-state index contributed by atoms with van der Waals surface area (Å²) < 4.78 is 5.31. The molecule has 0 bridgehead atoms. The predicted octanol–water partition coefficient (Wildman–Crippen LogP) is 0.747. The zero-order chi connectivity index (χ0) is 10.9. The summed E-state index contributed by atoms with van der Waals surface area (Å²) >= 11 is 0. The van der Waals surface area contributed by atoms with E-state index in [1.807, 2.05) is 4.90 Å². The van der Waals surface area contributed by atoms with Gasteiger partial charge in [0.1, 0.15) is 5.78 Å². The average molecular weight is 211 g/mol. The van der Waals surface area contributed by atoms with E-state index in [1.165, 1.54) is 0 Å². The highest BCUT2D eigenvalue weighted by Crippen LogP contribution is 2.29. The highest BCUT2D eigenvalue weighted by Gasteiger charge is 2.39. The second-order valence-corrected chi connectivity index (χ2v) is 4.62. The number of carbonyl (C=O) groups excluding carboxylic acids is 2. The lowest BCUT2D eigenvalue weighted by atomic mass is 9.88. The third-order valence-corrected chi connectivity index (χ3v) is 3.49. The number of nitrogens with zero attached hydrogens (tertiary/aromatic N) is 1. The van der Waals surface area contributed by atoms with E-state index in [0.717, 1.165) is 12.8 Å². The van der Waals surface area contributed by atoms with Crippen LogP contribution in [0.1, 0.15) is 32.6 Å². The van der Waals surface area contributed by atoms with E-state index in [-0.39, 0.29) is 23.7 Å². The molecule has 15 heavy (non-hydrogen) atoms. The maximum absolute atomic E-state index is 11.8. The molecule has 2 heterocycles. The van der Waals surface area contributed by atoms with Crippen LogP contribution in [0.5, 0.6) is 0 Å². The molecule has 0 atom stereocenters. The Morgan fingerprint density at radius 2 is 1.93 bits per heavy atom. The van der Waals surface area contributed by atoms with E-state index in [0.29, 0.717) is 26.2 Å². The molecule has 2 saturated heterocycles. The van der Waals surface area contributed by atoms with Crippen molar-refractivity contribution in [3.8, 4) is 0 Å². The number of carbonyl (C=O) groups is 2. The third-order valence-electron chi connectivity index (χ3n) is 3.49. The Kier molecular flexibility index (Phi) is 2.78. The standard InChI is InChI=1S/C11H17NO3/c1-11(3-6-15-7-4-11)12-5-2-9(13)8-10(12)14/h2-8H2,1H3. The van der Waals surface area contributed by atoms with Crippen molar-refractivity contribution < 1.29 is 14.3 Å². The summed E-state index contributed by atoms with van der Waals surface area (Å²) in [7, 11) is 0. The molecule has 0 saturated carbocycles. The largest absolute Gasteiger partial charge is 0.381 e. The molecule has 4 heteroatoms. The van der Waals surface area contributed by atoms with Crippen LogP contribution >= 0.6 is 0 Å². The SMILES string of the molecule is CC1(N2CCC(=O)CC2=O)CCOCC1. The lowest BCUT2D eigenvalue weighted by molar-refractivity contribution is -0.148. The summed E-state index contributed by atoms with van der Waals surface area (Å²) in [4.78, 5) is 24.8. The maximum Gasteiger partial charge on any atom is 0.230 e. The Balaban J connectivity index is 2.08. The minimum Gasteiger partial charge on any atom is -0.381 e. The number of ketones is 1. The van der Waals surface area contributed by atoms with Crippen LogP contribution in [0.15, 0.2) is 0 Å². The molecule has 4 nitrogen and oxygen atoms in total. The van der Waals surface area contributed by atoms with E-state index in [4.69, 9.17) is 4.74 Å². The summed E-state index contributed by atoms with van der Waals surface area (Å²) in [6, 6.07) is 0. The molecule has 2 aliphatic heterocycles. The summed E-state index contributed by atoms with van der Waals surface area (Å²) in [5.74, 6) is 0.0718. The zero-order valence-electron chi connectivity index (χ0n) is 9.12. The van der Waals surface area contributed by atoms with Crippen molar-refractivity contribution >= 4 is 11.7 Å². The quantitative estimate of drug-likeness (QED) is 0.601. The highest BCUT2D eigenvalue weighted by molar-refractivity contribution is 6.00. The molecule has 2 aliphatic rings. The van der Waals surface area contributed by atoms with Gasteiger partial charge in [0.15, 0.2) is 0 Å². The molecule has 1 amide bonds. The third kappa shape index (κ3) is 2.04. The number of hydrogen-bond acceptors (Lipinski definition) is 3. The number of ether oxygens (including phenoxy) is 1. The van der Waals surface area contributed by atoms with Crippen molar-refractivity contribution in [2.75, 3.05) is 19.8 Å². The fraction of sp³-hybridized carbons (Fsp3) is 0.818. The van der Waals surface area contributed by atoms with Gasteiger partial charge in [0.25, 0.3) is 0 Å². The first-order chi connectivity index (χ1) is 7.12. The van der Waals surface area contributed by atoms with Crippen molar-refractivity contribution in [1.82, 2.24) is 4.90 Å². The van der Waals surface area contributed by atoms with Gasteiger partial charge in [-0.1, -0.05) is 0 Å². The van der Waals surface area contributed by atoms with E-state index < -0.39 is 0 Å². The van der Waals surface area contributed by atoms with Crippen molar-refractivity contribution in [2.24, 2.45) is 0 Å². The van der Waals surface area contributed by atoms with E-state index in [1.54, 1.807) is 0 Å². The van der Waals surface area contributed by atoms with Gasteiger partial charge in [-0.15, -0.1) is 0 Å². The maximum atomic E-state index is 11.8. The van der Waals surface area contributed by atoms with E-state index in [9.17, 15) is 9.59 Å². The van der Waals surface area contributed by atoms with Crippen molar-refractivity contribution in [3.63, 3.8) is 0 Å². The smallest absolute Gasteiger partial charge is 0.230 e. The summed E-state index contributed by atoms with van der Waals surface area (Å²) in [6.07, 6.45) is 2.37. The van der Waals surface area contributed by atoms with Gasteiger partial charge in [0, 0.05) is 31.7 Å². The number of likely N-dealkylation sites (tertiary alicyclic amines) is 1. The first-order valence-corrected chi connectivity index (χ1v) is 5.52. The van der Waals surface area contributed by atoms with Gasteiger partial charge in [-0.2, -0.15) is 0 Å². The molecular weight excluding hydrogens is 194 g/mol. The Bertz CT molecular complexity index is 282. The van der Waals surface area contributed by atoms with Crippen LogP contribution in [0.25, 0.3) is 0 Å². The normalized spacial score (nSPS) is 26.9. The Labute approximate surface area is 89.6 Å². The molecule has 0 aromatic carbocycles. The van der Waals surface area contributed by atoms with Crippen molar-refractivity contribution in [1.29, 1.82) is 0 Å². The molecule has 84 valence electrons. The average Bonchev–Trinajstić information content (AvgIpc) is 2.18. The van der Waals surface area contributed by atoms with Gasteiger partial charge >= 0.3 is 0 Å². The number of Topliss-reactive ketones (excluding diaryl/α,β-unsaturated/α-hetero) is 1. The van der Waals surface area contributed by atoms with Gasteiger partial charge in [-0.3, -0.25) is 9.59 Å². The highest BCUT2D eigenvalue weighted by atomic mass is 16.5. The van der Waals surface area contributed by atoms with Gasteiger partial charge in [-0.05, 0) is 19.8 Å². The molecule has 0 aromatic rings. The molecule has 0 aliphatic carbocycles. The molecule has 0 aromatic heterocycles. The zero-order valence-corrected chi connectivity index (χ0v) is 9.12. The van der Waals surface area contributed by atoms with Crippen LogP contribution in [0.3, 0.4) is 0 Å². The molecule has 2 rings (SSSR count). The summed E-state index contributed by atoms with van der Waals surface area (Å²) in [5, 5.41) is 0. The van der Waals surface area contributed by atoms with Gasteiger partial charge in [0.05, 0.1) is 6.42 Å². The molecule has 0 N–H and O–H groups in total. The minimum atomic E-state index is -0.0873. The fourth-order valence-electron chi connectivity index (χ4n) is 2.37. The summed E-state index contributed by atoms with van der Waals surface area (Å²) in [5.41, 5.74) is -0.0873. The monoisotopic (exact) mass is 211 g/mol. The summed E-state index contributed by atoms with van der Waals surface area (Å²) in [6.45, 7) is 4.12. The Hall–Kier alpha value is -0.900. The molecule has 0 unspecified atom stereocenters. The van der Waals surface area contributed by atoms with Gasteiger partial charge in [-0.25, -0.2) is 0 Å². The second-order valence-electron chi connectivity index (χ2n) is 4.62. The number of amides is 1. The van der Waals surface area contributed by atoms with E-state index >= 15 is 0 Å². The molecule has 0 spiro atoms. The molecule has 0 radical (unpaired) electrons. The van der Waals surface area contributed by atoms with Crippen LogP contribution in [-0.4, -0.2) is 41.9 Å². The minimum absolute atomic E-state index is 0.00403. The second kappa shape index (κ2) is 3.93. The number of rotatable bonds is 1. The first-order valence-electron chi connectivity index (χ1n) is 5.52. The topological polar surface area (TPSA) is 46.6 Å². The number of hydrogen-bond donors (Lipinski definition) is 0. The lowest BCUT2D eigenvalue weighted by Crippen LogP contribution is -2.55. The van der Waals surface area contributed by atoms with Crippen molar-refractivity contribution in [2.45, 2.75) is 38.1 Å². The first kappa shape index (κ1) is 10.6. The van der Waals surface area contributed by atoms with Crippen LogP contribution in [-0.2, 0) is 14.3 Å². The Morgan fingerprint density at radius 3 is 2.53 bits per heavy atom. The van der Waals surface area contributed by atoms with Gasteiger partial charge in [0.2, 0.25) is 5.91 Å².